The number of piperazine rings is 1. The molecular formula is C30H28F5N5O3. The molecule has 1 N–H and O–H groups in total. The van der Waals surface area contributed by atoms with Gasteiger partial charge >= 0.3 is 6.03 Å². The zero-order valence-corrected chi connectivity index (χ0v) is 23.1. The van der Waals surface area contributed by atoms with Gasteiger partial charge in [-0.15, -0.1) is 0 Å². The highest BCUT2D eigenvalue weighted by molar-refractivity contribution is 5.92. The second kappa shape index (κ2) is 12.4. The average Bonchev–Trinajstić information content (AvgIpc) is 3.34. The summed E-state index contributed by atoms with van der Waals surface area (Å²) >= 11 is 0. The molecule has 0 spiro atoms. The molecule has 43 heavy (non-hydrogen) atoms. The molecule has 0 unspecified atom stereocenters. The van der Waals surface area contributed by atoms with Gasteiger partial charge in [-0.25, -0.2) is 26.7 Å². The zero-order chi connectivity index (χ0) is 30.8. The van der Waals surface area contributed by atoms with E-state index in [1.165, 1.54) is 14.9 Å². The van der Waals surface area contributed by atoms with Crippen molar-refractivity contribution in [1.82, 2.24) is 25.1 Å². The molecule has 2 saturated heterocycles. The third-order valence-electron chi connectivity index (χ3n) is 7.49. The SMILES string of the molecule is CCCN(C(=O)NCc1ccccc1)N1CC(=O)N2[C@@H](c3ccccc3)C(=O)N(Cc3c(F)c(F)c(F)c(F)c3F)C[C@@H]21. The Hall–Kier alpha value is -4.52. The molecule has 0 aromatic heterocycles. The van der Waals surface area contributed by atoms with Crippen molar-refractivity contribution >= 4 is 17.8 Å². The smallest absolute Gasteiger partial charge is 0.332 e. The van der Waals surface area contributed by atoms with E-state index in [0.29, 0.717) is 12.0 Å². The van der Waals surface area contributed by atoms with Crippen molar-refractivity contribution in [2.75, 3.05) is 19.6 Å². The molecule has 5 rings (SSSR count). The lowest BCUT2D eigenvalue weighted by Crippen LogP contribution is -2.63. The maximum atomic E-state index is 14.7. The minimum atomic E-state index is -2.30. The van der Waals surface area contributed by atoms with Gasteiger partial charge in [-0.1, -0.05) is 67.6 Å². The molecule has 4 amide bonds. The summed E-state index contributed by atoms with van der Waals surface area (Å²) in [4.78, 5) is 42.9. The number of rotatable bonds is 8. The Morgan fingerprint density at radius 3 is 2.07 bits per heavy atom. The minimum Gasteiger partial charge on any atom is -0.333 e. The first-order chi connectivity index (χ1) is 20.6. The molecule has 13 heteroatoms. The molecule has 2 aliphatic heterocycles. The summed E-state index contributed by atoms with van der Waals surface area (Å²) in [5, 5.41) is 5.64. The standard InChI is InChI=1S/C30H28F5N5O3/c1-2-13-38(30(43)36-14-18-9-5-3-6-10-18)39-17-22(41)40-21(39)16-37(29(42)28(40)19-11-7-4-8-12-19)15-20-23(31)25(33)27(35)26(34)24(20)32/h3-12,21,28H,2,13-17H2,1H3,(H,36,43)/t21-,28+/m1/s1. The van der Waals surface area contributed by atoms with Crippen molar-refractivity contribution in [1.29, 1.82) is 0 Å². The zero-order valence-electron chi connectivity index (χ0n) is 23.1. The molecule has 2 fully saturated rings. The maximum absolute atomic E-state index is 14.7. The number of amides is 4. The molecule has 2 aliphatic rings. The molecule has 3 aromatic rings. The first kappa shape index (κ1) is 30.0. The summed E-state index contributed by atoms with van der Waals surface area (Å²) in [6.07, 6.45) is -0.475. The van der Waals surface area contributed by atoms with Gasteiger partial charge in [-0.2, -0.15) is 5.01 Å². The highest BCUT2D eigenvalue weighted by Gasteiger charge is 2.53. The van der Waals surface area contributed by atoms with E-state index in [2.05, 4.69) is 5.32 Å². The Balaban J connectivity index is 1.50. The highest BCUT2D eigenvalue weighted by Crippen LogP contribution is 2.37. The number of fused-ring (bicyclic) bond motifs is 1. The third kappa shape index (κ3) is 5.64. The van der Waals surface area contributed by atoms with Crippen LogP contribution in [0.15, 0.2) is 60.7 Å². The second-order valence-corrected chi connectivity index (χ2v) is 10.2. The summed E-state index contributed by atoms with van der Waals surface area (Å²) in [5.74, 6) is -11.9. The van der Waals surface area contributed by atoms with Crippen LogP contribution < -0.4 is 5.32 Å². The number of carbonyl (C=O) groups is 3. The maximum Gasteiger partial charge on any atom is 0.332 e. The molecule has 226 valence electrons. The molecule has 2 atom stereocenters. The van der Waals surface area contributed by atoms with Crippen molar-refractivity contribution in [3.8, 4) is 0 Å². The van der Waals surface area contributed by atoms with Crippen molar-refractivity contribution in [2.24, 2.45) is 0 Å². The van der Waals surface area contributed by atoms with E-state index in [0.717, 1.165) is 10.5 Å². The Morgan fingerprint density at radius 2 is 1.47 bits per heavy atom. The van der Waals surface area contributed by atoms with Crippen LogP contribution in [0, 0.1) is 29.1 Å². The molecule has 3 aromatic carbocycles. The van der Waals surface area contributed by atoms with Crippen LogP contribution in [0.1, 0.15) is 36.1 Å². The van der Waals surface area contributed by atoms with Crippen LogP contribution in [0.5, 0.6) is 0 Å². The number of hydrogen-bond acceptors (Lipinski definition) is 4. The number of halogens is 5. The van der Waals surface area contributed by atoms with Gasteiger partial charge in [0.05, 0.1) is 19.6 Å². The first-order valence-electron chi connectivity index (χ1n) is 13.6. The Morgan fingerprint density at radius 1 is 0.884 bits per heavy atom. The molecule has 2 heterocycles. The number of carbonyl (C=O) groups excluding carboxylic acids is 3. The van der Waals surface area contributed by atoms with Crippen LogP contribution in [0.25, 0.3) is 0 Å². The van der Waals surface area contributed by atoms with Gasteiger partial charge in [0.1, 0.15) is 12.2 Å². The summed E-state index contributed by atoms with van der Waals surface area (Å²) in [5.41, 5.74) is 0.0464. The number of nitrogens with one attached hydrogen (secondary N) is 1. The van der Waals surface area contributed by atoms with Crippen LogP contribution in [-0.4, -0.2) is 63.5 Å². The van der Waals surface area contributed by atoms with Crippen molar-refractivity contribution in [3.63, 3.8) is 0 Å². The number of benzene rings is 3. The fourth-order valence-corrected chi connectivity index (χ4v) is 5.44. The lowest BCUT2D eigenvalue weighted by atomic mass is 10.00. The van der Waals surface area contributed by atoms with E-state index in [1.54, 1.807) is 30.3 Å². The molecule has 0 saturated carbocycles. The lowest BCUT2D eigenvalue weighted by molar-refractivity contribution is -0.158. The molecule has 8 nitrogen and oxygen atoms in total. The van der Waals surface area contributed by atoms with Gasteiger partial charge in [0.2, 0.25) is 11.7 Å². The third-order valence-corrected chi connectivity index (χ3v) is 7.49. The van der Waals surface area contributed by atoms with Crippen LogP contribution >= 0.6 is 0 Å². The Labute approximate surface area is 244 Å². The Kier molecular flexibility index (Phi) is 8.62. The Bertz CT molecular complexity index is 1500. The van der Waals surface area contributed by atoms with E-state index in [4.69, 9.17) is 0 Å². The molecule has 0 aliphatic carbocycles. The summed E-state index contributed by atoms with van der Waals surface area (Å²) < 4.78 is 71.1. The van der Waals surface area contributed by atoms with E-state index >= 15 is 0 Å². The van der Waals surface area contributed by atoms with Gasteiger partial charge in [-0.05, 0) is 17.5 Å². The normalized spacial score (nSPS) is 18.7. The van der Waals surface area contributed by atoms with Gasteiger partial charge < -0.3 is 15.1 Å². The predicted molar refractivity (Wildman–Crippen MR) is 144 cm³/mol. The number of hydrogen-bond donors (Lipinski definition) is 1. The summed E-state index contributed by atoms with van der Waals surface area (Å²) in [7, 11) is 0. The van der Waals surface area contributed by atoms with Gasteiger partial charge in [0.15, 0.2) is 23.3 Å². The minimum absolute atomic E-state index is 0.194. The van der Waals surface area contributed by atoms with Crippen LogP contribution in [-0.2, 0) is 22.7 Å². The van der Waals surface area contributed by atoms with Crippen LogP contribution in [0.2, 0.25) is 0 Å². The predicted octanol–water partition coefficient (Wildman–Crippen LogP) is 4.47. The molecular weight excluding hydrogens is 573 g/mol. The summed E-state index contributed by atoms with van der Waals surface area (Å²) in [6.45, 7) is 0.636. The summed E-state index contributed by atoms with van der Waals surface area (Å²) in [6, 6.07) is 15.5. The fourth-order valence-electron chi connectivity index (χ4n) is 5.44. The van der Waals surface area contributed by atoms with Gasteiger partial charge in [0, 0.05) is 18.7 Å². The topological polar surface area (TPSA) is 76.2 Å². The van der Waals surface area contributed by atoms with E-state index in [1.807, 2.05) is 37.3 Å². The largest absolute Gasteiger partial charge is 0.333 e. The lowest BCUT2D eigenvalue weighted by Gasteiger charge is -2.46. The van der Waals surface area contributed by atoms with Gasteiger partial charge in [-0.3, -0.25) is 14.6 Å². The van der Waals surface area contributed by atoms with Crippen LogP contribution in [0.3, 0.4) is 0 Å². The van der Waals surface area contributed by atoms with E-state index < -0.39 is 71.2 Å². The number of urea groups is 1. The number of hydrazine groups is 1. The highest BCUT2D eigenvalue weighted by atomic mass is 19.2. The first-order valence-corrected chi connectivity index (χ1v) is 13.6. The monoisotopic (exact) mass is 601 g/mol. The molecule has 0 radical (unpaired) electrons. The van der Waals surface area contributed by atoms with Crippen molar-refractivity contribution in [3.05, 3.63) is 106 Å². The second-order valence-electron chi connectivity index (χ2n) is 10.2. The van der Waals surface area contributed by atoms with E-state index in [-0.39, 0.29) is 26.2 Å². The van der Waals surface area contributed by atoms with Crippen molar-refractivity contribution in [2.45, 2.75) is 38.6 Å². The number of nitrogens with zero attached hydrogens (tertiary/aromatic N) is 4. The quantitative estimate of drug-likeness (QED) is 0.235. The average molecular weight is 602 g/mol. The fraction of sp³-hybridized carbons (Fsp3) is 0.300. The van der Waals surface area contributed by atoms with Gasteiger partial charge in [0.25, 0.3) is 5.91 Å². The van der Waals surface area contributed by atoms with Crippen molar-refractivity contribution < 1.29 is 36.3 Å². The van der Waals surface area contributed by atoms with Crippen LogP contribution in [0.4, 0.5) is 26.7 Å². The van der Waals surface area contributed by atoms with E-state index in [9.17, 15) is 36.3 Å². The molecule has 0 bridgehead atoms.